The first-order valence-electron chi connectivity index (χ1n) is 12.8. The third-order valence-corrected chi connectivity index (χ3v) is 6.98. The van der Waals surface area contributed by atoms with Crippen LogP contribution in [0.2, 0.25) is 10.2 Å². The molecular weight excluding hydrogens is 567 g/mol. The molecule has 9 nitrogen and oxygen atoms in total. The molecule has 4 aromatic rings. The van der Waals surface area contributed by atoms with Crippen LogP contribution in [0.1, 0.15) is 28.4 Å². The SMILES string of the molecule is CN1CNc2c(Cl)ncnc21.O=C(O[C@@H](CC(O)C(O)CO)c1ccc(Cl)cc1)c1ccc(-c2ccccc2)cc1. The number of rotatable bonds is 8. The van der Waals surface area contributed by atoms with Crippen molar-refractivity contribution < 1.29 is 24.9 Å². The van der Waals surface area contributed by atoms with Gasteiger partial charge in [-0.05, 0) is 41.0 Å². The molecule has 0 radical (unpaired) electrons. The molecule has 5 rings (SSSR count). The average Bonchev–Trinajstić information content (AvgIpc) is 3.39. The maximum Gasteiger partial charge on any atom is 0.338 e. The summed E-state index contributed by atoms with van der Waals surface area (Å²) in [7, 11) is 1.95. The minimum Gasteiger partial charge on any atom is -0.454 e. The molecule has 0 aliphatic carbocycles. The van der Waals surface area contributed by atoms with Gasteiger partial charge in [-0.3, -0.25) is 0 Å². The second-order valence-electron chi connectivity index (χ2n) is 9.34. The molecule has 0 saturated heterocycles. The number of nitrogens with zero attached hydrogens (tertiary/aromatic N) is 3. The fraction of sp³-hybridized carbons (Fsp3) is 0.233. The number of aliphatic hydroxyl groups is 3. The van der Waals surface area contributed by atoms with Gasteiger partial charge >= 0.3 is 5.97 Å². The van der Waals surface area contributed by atoms with E-state index in [0.29, 0.717) is 21.3 Å². The summed E-state index contributed by atoms with van der Waals surface area (Å²) in [5.74, 6) is 0.310. The van der Waals surface area contributed by atoms with Gasteiger partial charge in [-0.1, -0.05) is 77.8 Å². The fourth-order valence-corrected chi connectivity index (χ4v) is 4.44. The van der Waals surface area contributed by atoms with Crippen LogP contribution in [0.3, 0.4) is 0 Å². The molecule has 3 aromatic carbocycles. The van der Waals surface area contributed by atoms with Crippen molar-refractivity contribution in [3.05, 3.63) is 106 Å². The van der Waals surface area contributed by atoms with Crippen LogP contribution in [0.25, 0.3) is 11.1 Å². The molecule has 2 heterocycles. The van der Waals surface area contributed by atoms with Crippen molar-refractivity contribution in [3.8, 4) is 11.1 Å². The summed E-state index contributed by atoms with van der Waals surface area (Å²) < 4.78 is 5.64. The van der Waals surface area contributed by atoms with E-state index in [1.807, 2.05) is 54.4 Å². The van der Waals surface area contributed by atoms with Crippen molar-refractivity contribution in [1.29, 1.82) is 0 Å². The maximum absolute atomic E-state index is 12.7. The molecule has 0 fully saturated rings. The zero-order valence-corrected chi connectivity index (χ0v) is 23.7. The summed E-state index contributed by atoms with van der Waals surface area (Å²) >= 11 is 11.7. The van der Waals surface area contributed by atoms with Crippen LogP contribution in [0.4, 0.5) is 11.5 Å². The number of hydrogen-bond donors (Lipinski definition) is 4. The minimum atomic E-state index is -1.33. The molecular formula is C30H30Cl2N4O5. The molecule has 3 atom stereocenters. The second kappa shape index (κ2) is 14.2. The lowest BCUT2D eigenvalue weighted by molar-refractivity contribution is -0.0431. The van der Waals surface area contributed by atoms with E-state index in [1.54, 1.807) is 36.4 Å². The smallest absolute Gasteiger partial charge is 0.338 e. The van der Waals surface area contributed by atoms with E-state index in [4.69, 9.17) is 33.0 Å². The highest BCUT2D eigenvalue weighted by Crippen LogP contribution is 2.32. The van der Waals surface area contributed by atoms with Gasteiger partial charge in [0, 0.05) is 18.5 Å². The van der Waals surface area contributed by atoms with Gasteiger partial charge in [0.05, 0.1) is 24.9 Å². The van der Waals surface area contributed by atoms with Crippen LogP contribution >= 0.6 is 23.2 Å². The number of halogens is 2. The predicted octanol–water partition coefficient (Wildman–Crippen LogP) is 4.96. The van der Waals surface area contributed by atoms with Crippen LogP contribution in [0.15, 0.2) is 85.2 Å². The Kier molecular flexibility index (Phi) is 10.5. The Balaban J connectivity index is 0.000000291. The summed E-state index contributed by atoms with van der Waals surface area (Å²) in [6.45, 7) is 0.150. The number of esters is 1. The number of nitrogens with one attached hydrogen (secondary N) is 1. The Morgan fingerprint density at radius 1 is 0.951 bits per heavy atom. The van der Waals surface area contributed by atoms with E-state index in [9.17, 15) is 15.0 Å². The number of carbonyl (C=O) groups is 1. The molecule has 11 heteroatoms. The highest BCUT2D eigenvalue weighted by molar-refractivity contribution is 6.32. The zero-order valence-electron chi connectivity index (χ0n) is 22.2. The summed E-state index contributed by atoms with van der Waals surface area (Å²) in [6.07, 6.45) is -2.02. The van der Waals surface area contributed by atoms with Gasteiger partial charge in [0.15, 0.2) is 11.0 Å². The monoisotopic (exact) mass is 596 g/mol. The Bertz CT molecular complexity index is 1430. The van der Waals surface area contributed by atoms with E-state index in [1.165, 1.54) is 6.33 Å². The molecule has 1 aliphatic rings. The van der Waals surface area contributed by atoms with Crippen LogP contribution in [0, 0.1) is 0 Å². The Morgan fingerprint density at radius 2 is 1.61 bits per heavy atom. The first-order valence-corrected chi connectivity index (χ1v) is 13.6. The van der Waals surface area contributed by atoms with Crippen molar-refractivity contribution in [1.82, 2.24) is 9.97 Å². The van der Waals surface area contributed by atoms with Gasteiger partial charge in [0.25, 0.3) is 0 Å². The number of benzene rings is 3. The second-order valence-corrected chi connectivity index (χ2v) is 10.1. The Labute approximate surface area is 248 Å². The molecule has 214 valence electrons. The minimum absolute atomic E-state index is 0.0722. The molecule has 1 aromatic heterocycles. The molecule has 0 saturated carbocycles. The third-order valence-electron chi connectivity index (χ3n) is 6.44. The lowest BCUT2D eigenvalue weighted by atomic mass is 10.00. The van der Waals surface area contributed by atoms with E-state index in [-0.39, 0.29) is 6.42 Å². The number of aliphatic hydroxyl groups excluding tert-OH is 3. The summed E-state index contributed by atoms with van der Waals surface area (Å²) in [4.78, 5) is 22.6. The van der Waals surface area contributed by atoms with E-state index in [2.05, 4.69) is 15.3 Å². The van der Waals surface area contributed by atoms with Crippen LogP contribution in [-0.4, -0.2) is 63.8 Å². The van der Waals surface area contributed by atoms with Crippen LogP contribution < -0.4 is 10.2 Å². The average molecular weight is 597 g/mol. The molecule has 0 amide bonds. The van der Waals surface area contributed by atoms with Crippen molar-refractivity contribution in [2.45, 2.75) is 24.7 Å². The number of fused-ring (bicyclic) bond motifs is 1. The van der Waals surface area contributed by atoms with Crippen molar-refractivity contribution in [2.75, 3.05) is 30.5 Å². The summed E-state index contributed by atoms with van der Waals surface area (Å²) in [5, 5.41) is 33.0. The van der Waals surface area contributed by atoms with E-state index in [0.717, 1.165) is 29.3 Å². The molecule has 0 bridgehead atoms. The van der Waals surface area contributed by atoms with Crippen LogP contribution in [-0.2, 0) is 4.74 Å². The van der Waals surface area contributed by atoms with E-state index < -0.39 is 30.9 Å². The number of aromatic nitrogens is 2. The van der Waals surface area contributed by atoms with Gasteiger partial charge in [-0.2, -0.15) is 0 Å². The Hall–Kier alpha value is -3.73. The molecule has 4 N–H and O–H groups in total. The Morgan fingerprint density at radius 3 is 2.24 bits per heavy atom. The predicted molar refractivity (Wildman–Crippen MR) is 159 cm³/mol. The van der Waals surface area contributed by atoms with Crippen molar-refractivity contribution in [3.63, 3.8) is 0 Å². The fourth-order valence-electron chi connectivity index (χ4n) is 4.12. The number of anilines is 2. The topological polar surface area (TPSA) is 128 Å². The quantitative estimate of drug-likeness (QED) is 0.165. The van der Waals surface area contributed by atoms with Crippen molar-refractivity contribution >= 4 is 40.7 Å². The number of hydrogen-bond acceptors (Lipinski definition) is 9. The first kappa shape index (κ1) is 30.2. The largest absolute Gasteiger partial charge is 0.454 e. The highest BCUT2D eigenvalue weighted by Gasteiger charge is 2.25. The van der Waals surface area contributed by atoms with Gasteiger partial charge < -0.3 is 30.3 Å². The normalized spacial score (nSPS) is 14.1. The highest BCUT2D eigenvalue weighted by atomic mass is 35.5. The summed E-state index contributed by atoms with van der Waals surface area (Å²) in [6, 6.07) is 23.5. The van der Waals surface area contributed by atoms with Gasteiger partial charge in [0.1, 0.15) is 24.2 Å². The van der Waals surface area contributed by atoms with Gasteiger partial charge in [-0.25, -0.2) is 14.8 Å². The van der Waals surface area contributed by atoms with Gasteiger partial charge in [0.2, 0.25) is 0 Å². The van der Waals surface area contributed by atoms with E-state index >= 15 is 0 Å². The molecule has 41 heavy (non-hydrogen) atoms. The van der Waals surface area contributed by atoms with Gasteiger partial charge in [-0.15, -0.1) is 0 Å². The number of carbonyl (C=O) groups excluding carboxylic acids is 1. The number of ether oxygens (including phenoxy) is 1. The summed E-state index contributed by atoms with van der Waals surface area (Å²) in [5.41, 5.74) is 3.83. The lowest BCUT2D eigenvalue weighted by Crippen LogP contribution is -2.31. The first-order chi connectivity index (χ1) is 19.8. The standard InChI is InChI=1S/C24H23ClO5.C6H7ClN4/c25-20-12-10-18(11-13-20)23(14-21(27)22(28)15-26)30-24(29)19-8-6-17(7-9-19)16-4-2-1-3-5-16;1-11-3-10-4-5(7)8-2-9-6(4)11/h1-13,21-23,26-28H,14-15H2;2,10H,3H2,1H3/t21?,22?,23-;/m0./s1. The van der Waals surface area contributed by atoms with Crippen LogP contribution in [0.5, 0.6) is 0 Å². The lowest BCUT2D eigenvalue weighted by Gasteiger charge is -2.23. The molecule has 2 unspecified atom stereocenters. The maximum atomic E-state index is 12.7. The zero-order chi connectivity index (χ0) is 29.4. The molecule has 1 aliphatic heterocycles. The molecule has 0 spiro atoms. The van der Waals surface area contributed by atoms with Crippen molar-refractivity contribution in [2.24, 2.45) is 0 Å². The third kappa shape index (κ3) is 7.93.